The highest BCUT2D eigenvalue weighted by molar-refractivity contribution is 7.89. The Hall–Kier alpha value is -3.26. The van der Waals surface area contributed by atoms with Crippen molar-refractivity contribution in [3.05, 3.63) is 60.8 Å². The van der Waals surface area contributed by atoms with Gasteiger partial charge in [-0.2, -0.15) is 0 Å². The highest BCUT2D eigenvalue weighted by Gasteiger charge is 2.31. The van der Waals surface area contributed by atoms with E-state index in [1.807, 2.05) is 0 Å². The van der Waals surface area contributed by atoms with E-state index in [4.69, 9.17) is 4.74 Å². The van der Waals surface area contributed by atoms with E-state index >= 15 is 0 Å². The summed E-state index contributed by atoms with van der Waals surface area (Å²) in [6.45, 7) is 3.76. The lowest BCUT2D eigenvalue weighted by Crippen LogP contribution is -2.41. The first-order valence-electron chi connectivity index (χ1n) is 11.0. The number of halogens is 3. The molecule has 1 saturated heterocycles. The summed E-state index contributed by atoms with van der Waals surface area (Å²) in [4.78, 5) is 10.8. The van der Waals surface area contributed by atoms with Crippen LogP contribution in [0.25, 0.3) is 11.3 Å². The van der Waals surface area contributed by atoms with Gasteiger partial charge in [0.15, 0.2) is 0 Å². The van der Waals surface area contributed by atoms with Crippen molar-refractivity contribution in [2.75, 3.05) is 44.7 Å². The fraction of sp³-hybridized carbons (Fsp3) is 0.304. The number of aromatic nitrogens is 2. The number of rotatable bonds is 9. The minimum Gasteiger partial charge on any atom is -0.406 e. The normalized spacial score (nSPS) is 15.0. The van der Waals surface area contributed by atoms with Crippen LogP contribution in [0.15, 0.2) is 65.7 Å². The van der Waals surface area contributed by atoms with E-state index in [0.29, 0.717) is 43.2 Å². The molecule has 2 aromatic carbocycles. The maximum atomic E-state index is 12.6. The predicted molar refractivity (Wildman–Crippen MR) is 126 cm³/mol. The van der Waals surface area contributed by atoms with Gasteiger partial charge in [-0.15, -0.1) is 13.2 Å². The zero-order chi connectivity index (χ0) is 25.6. The molecule has 36 heavy (non-hydrogen) atoms. The summed E-state index contributed by atoms with van der Waals surface area (Å²) in [5.74, 6) is -0.0911. The van der Waals surface area contributed by atoms with Crippen molar-refractivity contribution < 1.29 is 31.1 Å². The molecule has 1 aliphatic heterocycles. The summed E-state index contributed by atoms with van der Waals surface area (Å²) in [5.41, 5.74) is 1.61. The van der Waals surface area contributed by atoms with Gasteiger partial charge in [-0.3, -0.25) is 4.90 Å². The van der Waals surface area contributed by atoms with Crippen LogP contribution in [0, 0.1) is 0 Å². The Labute approximate surface area is 206 Å². The van der Waals surface area contributed by atoms with E-state index in [1.165, 1.54) is 42.6 Å². The Bertz CT molecular complexity index is 1250. The van der Waals surface area contributed by atoms with Gasteiger partial charge in [0.05, 0.1) is 23.8 Å². The molecule has 1 aromatic heterocycles. The molecule has 0 unspecified atom stereocenters. The first-order chi connectivity index (χ1) is 17.2. The third-order valence-electron chi connectivity index (χ3n) is 5.28. The number of alkyl halides is 3. The second-order valence-corrected chi connectivity index (χ2v) is 9.61. The lowest BCUT2D eigenvalue weighted by atomic mass is 10.1. The maximum Gasteiger partial charge on any atom is 0.573 e. The molecule has 3 aromatic rings. The standard InChI is InChI=1S/C23H24F3N5O4S/c24-23(25,26)35-19-5-1-17(2-6-19)21-9-10-27-22(30-21)29-18-3-7-20(8-4-18)36(32,33)28-11-12-31-13-15-34-16-14-31/h1-10,28H,11-16H2,(H,27,29,30). The Morgan fingerprint density at radius 2 is 1.69 bits per heavy atom. The molecule has 0 bridgehead atoms. The van der Waals surface area contributed by atoms with E-state index in [1.54, 1.807) is 18.2 Å². The van der Waals surface area contributed by atoms with Gasteiger partial charge in [0.2, 0.25) is 16.0 Å². The molecule has 9 nitrogen and oxygen atoms in total. The molecular formula is C23H24F3N5O4S. The SMILES string of the molecule is O=S(=O)(NCCN1CCOCC1)c1ccc(Nc2nccc(-c3ccc(OC(F)(F)F)cc3)n2)cc1. The Morgan fingerprint density at radius 3 is 2.36 bits per heavy atom. The van der Waals surface area contributed by atoms with Crippen LogP contribution < -0.4 is 14.8 Å². The van der Waals surface area contributed by atoms with Crippen molar-refractivity contribution in [3.8, 4) is 17.0 Å². The summed E-state index contributed by atoms with van der Waals surface area (Å²) in [7, 11) is -3.66. The largest absolute Gasteiger partial charge is 0.573 e. The third-order valence-corrected chi connectivity index (χ3v) is 6.76. The van der Waals surface area contributed by atoms with Crippen molar-refractivity contribution in [3.63, 3.8) is 0 Å². The van der Waals surface area contributed by atoms with Crippen LogP contribution in [0.2, 0.25) is 0 Å². The number of hydrogen-bond acceptors (Lipinski definition) is 8. The van der Waals surface area contributed by atoms with Gasteiger partial charge in [0.25, 0.3) is 0 Å². The number of ether oxygens (including phenoxy) is 2. The molecule has 192 valence electrons. The van der Waals surface area contributed by atoms with E-state index in [0.717, 1.165) is 13.1 Å². The minimum atomic E-state index is -4.76. The fourth-order valence-electron chi connectivity index (χ4n) is 3.50. The van der Waals surface area contributed by atoms with Crippen LogP contribution in [0.1, 0.15) is 0 Å². The van der Waals surface area contributed by atoms with Crippen LogP contribution in [0.5, 0.6) is 5.75 Å². The average molecular weight is 524 g/mol. The molecule has 0 saturated carbocycles. The summed E-state index contributed by atoms with van der Waals surface area (Å²) < 4.78 is 74.0. The topological polar surface area (TPSA) is 106 Å². The number of anilines is 2. The summed E-state index contributed by atoms with van der Waals surface area (Å²) in [5, 5.41) is 2.99. The molecule has 1 fully saturated rings. The molecule has 13 heteroatoms. The number of morpholine rings is 1. The monoisotopic (exact) mass is 523 g/mol. The second kappa shape index (κ2) is 11.2. The number of nitrogens with zero attached hydrogens (tertiary/aromatic N) is 3. The smallest absolute Gasteiger partial charge is 0.406 e. The van der Waals surface area contributed by atoms with E-state index in [9.17, 15) is 21.6 Å². The first kappa shape index (κ1) is 25.8. The van der Waals surface area contributed by atoms with Gasteiger partial charge in [-0.05, 0) is 54.6 Å². The van der Waals surface area contributed by atoms with Crippen LogP contribution in [0.4, 0.5) is 24.8 Å². The quantitative estimate of drug-likeness (QED) is 0.440. The highest BCUT2D eigenvalue weighted by atomic mass is 32.2. The van der Waals surface area contributed by atoms with Crippen LogP contribution >= 0.6 is 0 Å². The summed E-state index contributed by atoms with van der Waals surface area (Å²) >= 11 is 0. The van der Waals surface area contributed by atoms with Crippen molar-refractivity contribution >= 4 is 21.7 Å². The molecule has 4 rings (SSSR count). The molecule has 1 aliphatic rings. The molecule has 0 amide bonds. The van der Waals surface area contributed by atoms with Crippen molar-refractivity contribution in [2.45, 2.75) is 11.3 Å². The van der Waals surface area contributed by atoms with Gasteiger partial charge >= 0.3 is 6.36 Å². The second-order valence-electron chi connectivity index (χ2n) is 7.84. The first-order valence-corrected chi connectivity index (χ1v) is 12.5. The molecule has 2 N–H and O–H groups in total. The number of benzene rings is 2. The van der Waals surface area contributed by atoms with Gasteiger partial charge in [0.1, 0.15) is 5.75 Å². The fourth-order valence-corrected chi connectivity index (χ4v) is 4.52. The lowest BCUT2D eigenvalue weighted by molar-refractivity contribution is -0.274. The number of nitrogens with one attached hydrogen (secondary N) is 2. The van der Waals surface area contributed by atoms with Crippen LogP contribution in [-0.4, -0.2) is 69.0 Å². The van der Waals surface area contributed by atoms with Crippen molar-refractivity contribution in [1.82, 2.24) is 19.6 Å². The lowest BCUT2D eigenvalue weighted by Gasteiger charge is -2.26. The molecule has 0 spiro atoms. The summed E-state index contributed by atoms with van der Waals surface area (Å²) in [6.07, 6.45) is -3.26. The van der Waals surface area contributed by atoms with E-state index < -0.39 is 16.4 Å². The number of sulfonamides is 1. The highest BCUT2D eigenvalue weighted by Crippen LogP contribution is 2.26. The third kappa shape index (κ3) is 7.37. The van der Waals surface area contributed by atoms with Gasteiger partial charge < -0.3 is 14.8 Å². The van der Waals surface area contributed by atoms with Gasteiger partial charge in [0, 0.05) is 43.6 Å². The van der Waals surface area contributed by atoms with Crippen LogP contribution in [-0.2, 0) is 14.8 Å². The minimum absolute atomic E-state index is 0.130. The molecular weight excluding hydrogens is 499 g/mol. The zero-order valence-electron chi connectivity index (χ0n) is 19.0. The summed E-state index contributed by atoms with van der Waals surface area (Å²) in [6, 6.07) is 13.1. The van der Waals surface area contributed by atoms with Crippen LogP contribution in [0.3, 0.4) is 0 Å². The van der Waals surface area contributed by atoms with Crippen molar-refractivity contribution in [2.24, 2.45) is 0 Å². The molecule has 2 heterocycles. The van der Waals surface area contributed by atoms with Crippen molar-refractivity contribution in [1.29, 1.82) is 0 Å². The Balaban J connectivity index is 1.36. The maximum absolute atomic E-state index is 12.6. The molecule has 0 radical (unpaired) electrons. The predicted octanol–water partition coefficient (Wildman–Crippen LogP) is 3.40. The molecule has 0 atom stereocenters. The van der Waals surface area contributed by atoms with E-state index in [-0.39, 0.29) is 16.6 Å². The Morgan fingerprint density at radius 1 is 1.00 bits per heavy atom. The average Bonchev–Trinajstić information content (AvgIpc) is 2.85. The van der Waals surface area contributed by atoms with E-state index in [2.05, 4.69) is 29.6 Å². The van der Waals surface area contributed by atoms with Gasteiger partial charge in [-0.1, -0.05) is 0 Å². The number of hydrogen-bond donors (Lipinski definition) is 2. The van der Waals surface area contributed by atoms with Gasteiger partial charge in [-0.25, -0.2) is 23.1 Å². The molecule has 0 aliphatic carbocycles. The zero-order valence-corrected chi connectivity index (χ0v) is 19.8. The Kier molecular flexibility index (Phi) is 8.04.